The molecular formula is C15H21N3O4. The topological polar surface area (TPSA) is 89.0 Å². The van der Waals surface area contributed by atoms with Gasteiger partial charge in [-0.15, -0.1) is 0 Å². The van der Waals surface area contributed by atoms with Crippen molar-refractivity contribution in [2.45, 2.75) is 13.3 Å². The fraction of sp³-hybridized carbons (Fsp3) is 0.400. The highest BCUT2D eigenvalue weighted by Crippen LogP contribution is 2.11. The van der Waals surface area contributed by atoms with Crippen LogP contribution in [-0.4, -0.2) is 44.9 Å². The van der Waals surface area contributed by atoms with Gasteiger partial charge in [0.25, 0.3) is 0 Å². The molecule has 0 spiro atoms. The van der Waals surface area contributed by atoms with E-state index in [2.05, 4.69) is 15.8 Å². The van der Waals surface area contributed by atoms with Gasteiger partial charge in [-0.25, -0.2) is 5.43 Å². The van der Waals surface area contributed by atoms with Crippen LogP contribution in [0.15, 0.2) is 29.4 Å². The Morgan fingerprint density at radius 3 is 2.86 bits per heavy atom. The Morgan fingerprint density at radius 1 is 1.32 bits per heavy atom. The molecule has 0 aliphatic heterocycles. The first kappa shape index (κ1) is 17.6. The number of rotatable bonds is 8. The third kappa shape index (κ3) is 6.85. The molecule has 2 amide bonds. The van der Waals surface area contributed by atoms with Crippen molar-refractivity contribution in [3.05, 3.63) is 29.8 Å². The monoisotopic (exact) mass is 307 g/mol. The van der Waals surface area contributed by atoms with Crippen molar-refractivity contribution in [3.63, 3.8) is 0 Å². The lowest BCUT2D eigenvalue weighted by Crippen LogP contribution is -2.38. The summed E-state index contributed by atoms with van der Waals surface area (Å²) in [6.45, 7) is 3.36. The van der Waals surface area contributed by atoms with Gasteiger partial charge in [0.2, 0.25) is 0 Å². The highest BCUT2D eigenvalue weighted by Gasteiger charge is 2.11. The van der Waals surface area contributed by atoms with Crippen molar-refractivity contribution in [2.24, 2.45) is 5.10 Å². The Balaban J connectivity index is 2.39. The van der Waals surface area contributed by atoms with Crippen molar-refractivity contribution in [3.8, 4) is 5.75 Å². The first-order valence-corrected chi connectivity index (χ1v) is 7.00. The molecular weight excluding hydrogens is 286 g/mol. The number of ether oxygens (including phenoxy) is 2. The molecule has 0 aromatic heterocycles. The fourth-order valence-electron chi connectivity index (χ4n) is 1.57. The second-order valence-electron chi connectivity index (χ2n) is 4.31. The molecule has 0 aliphatic rings. The number of hydrazone groups is 1. The van der Waals surface area contributed by atoms with Gasteiger partial charge in [-0.1, -0.05) is 12.1 Å². The van der Waals surface area contributed by atoms with Gasteiger partial charge in [0.1, 0.15) is 5.75 Å². The molecule has 0 bridgehead atoms. The van der Waals surface area contributed by atoms with Crippen molar-refractivity contribution in [1.82, 2.24) is 10.7 Å². The SMILES string of the molecule is CCOc1cccc(/C=N\NC(=O)C(=O)NCCCOC)c1. The van der Waals surface area contributed by atoms with Crippen molar-refractivity contribution in [1.29, 1.82) is 0 Å². The van der Waals surface area contributed by atoms with E-state index in [1.54, 1.807) is 13.2 Å². The van der Waals surface area contributed by atoms with E-state index in [0.29, 0.717) is 31.9 Å². The van der Waals surface area contributed by atoms with Crippen molar-refractivity contribution in [2.75, 3.05) is 26.9 Å². The maximum atomic E-state index is 11.5. The average Bonchev–Trinajstić information content (AvgIpc) is 2.52. The van der Waals surface area contributed by atoms with Crippen LogP contribution in [0.1, 0.15) is 18.9 Å². The number of carbonyl (C=O) groups excluding carboxylic acids is 2. The molecule has 0 saturated heterocycles. The Hall–Kier alpha value is -2.41. The van der Waals surface area contributed by atoms with Crippen LogP contribution in [0, 0.1) is 0 Å². The lowest BCUT2D eigenvalue weighted by molar-refractivity contribution is -0.139. The molecule has 0 fully saturated rings. The minimum atomic E-state index is -0.811. The fourth-order valence-corrected chi connectivity index (χ4v) is 1.57. The molecule has 22 heavy (non-hydrogen) atoms. The van der Waals surface area contributed by atoms with Crippen LogP contribution >= 0.6 is 0 Å². The summed E-state index contributed by atoms with van der Waals surface area (Å²) >= 11 is 0. The van der Waals surface area contributed by atoms with E-state index < -0.39 is 11.8 Å². The summed E-state index contributed by atoms with van der Waals surface area (Å²) in [6, 6.07) is 7.23. The zero-order valence-electron chi connectivity index (χ0n) is 12.8. The number of carbonyl (C=O) groups is 2. The molecule has 1 aromatic carbocycles. The van der Waals surface area contributed by atoms with Crippen LogP contribution in [0.2, 0.25) is 0 Å². The molecule has 1 aromatic rings. The molecule has 0 heterocycles. The number of nitrogens with one attached hydrogen (secondary N) is 2. The summed E-state index contributed by atoms with van der Waals surface area (Å²) in [4.78, 5) is 22.9. The molecule has 120 valence electrons. The molecule has 0 radical (unpaired) electrons. The summed E-state index contributed by atoms with van der Waals surface area (Å²) in [5.74, 6) is -0.820. The Morgan fingerprint density at radius 2 is 2.14 bits per heavy atom. The lowest BCUT2D eigenvalue weighted by atomic mass is 10.2. The molecule has 0 saturated carbocycles. The van der Waals surface area contributed by atoms with Gasteiger partial charge in [-0.2, -0.15) is 5.10 Å². The normalized spacial score (nSPS) is 10.5. The van der Waals surface area contributed by atoms with Gasteiger partial charge >= 0.3 is 11.8 Å². The van der Waals surface area contributed by atoms with E-state index >= 15 is 0 Å². The first-order valence-electron chi connectivity index (χ1n) is 7.00. The van der Waals surface area contributed by atoms with Crippen LogP contribution in [0.3, 0.4) is 0 Å². The van der Waals surface area contributed by atoms with Crippen LogP contribution in [0.5, 0.6) is 5.75 Å². The van der Waals surface area contributed by atoms with Gasteiger partial charge in [0.05, 0.1) is 12.8 Å². The minimum absolute atomic E-state index is 0.375. The number of methoxy groups -OCH3 is 1. The third-order valence-electron chi connectivity index (χ3n) is 2.57. The zero-order valence-corrected chi connectivity index (χ0v) is 12.8. The number of amides is 2. The summed E-state index contributed by atoms with van der Waals surface area (Å²) in [5, 5.41) is 6.21. The van der Waals surface area contributed by atoms with Gasteiger partial charge in [0.15, 0.2) is 0 Å². The quantitative estimate of drug-likeness (QED) is 0.320. The Labute approximate surface area is 129 Å². The predicted molar refractivity (Wildman–Crippen MR) is 82.9 cm³/mol. The maximum Gasteiger partial charge on any atom is 0.329 e. The van der Waals surface area contributed by atoms with E-state index in [1.165, 1.54) is 6.21 Å². The maximum absolute atomic E-state index is 11.5. The molecule has 0 aliphatic carbocycles. The second-order valence-corrected chi connectivity index (χ2v) is 4.31. The summed E-state index contributed by atoms with van der Waals surface area (Å²) in [6.07, 6.45) is 2.08. The molecule has 1 rings (SSSR count). The van der Waals surface area contributed by atoms with Gasteiger partial charge in [-0.3, -0.25) is 9.59 Å². The number of hydrogen-bond donors (Lipinski definition) is 2. The van der Waals surface area contributed by atoms with E-state index in [9.17, 15) is 9.59 Å². The average molecular weight is 307 g/mol. The van der Waals surface area contributed by atoms with Gasteiger partial charge in [-0.05, 0) is 31.0 Å². The smallest absolute Gasteiger partial charge is 0.329 e. The largest absolute Gasteiger partial charge is 0.494 e. The van der Waals surface area contributed by atoms with Gasteiger partial charge < -0.3 is 14.8 Å². The van der Waals surface area contributed by atoms with Crippen molar-refractivity contribution >= 4 is 18.0 Å². The molecule has 2 N–H and O–H groups in total. The zero-order chi connectivity index (χ0) is 16.2. The standard InChI is InChI=1S/C15H21N3O4/c1-3-22-13-7-4-6-12(10-13)11-17-18-15(20)14(19)16-8-5-9-21-2/h4,6-7,10-11H,3,5,8-9H2,1-2H3,(H,16,19)(H,18,20)/b17-11-. The van der Waals surface area contributed by atoms with Gasteiger partial charge in [0, 0.05) is 20.3 Å². The van der Waals surface area contributed by atoms with E-state index in [4.69, 9.17) is 9.47 Å². The van der Waals surface area contributed by atoms with E-state index in [1.807, 2.05) is 25.1 Å². The second kappa shape index (κ2) is 10.3. The molecule has 7 nitrogen and oxygen atoms in total. The molecule has 7 heteroatoms. The van der Waals surface area contributed by atoms with E-state index in [-0.39, 0.29) is 0 Å². The number of hydrogen-bond acceptors (Lipinski definition) is 5. The number of benzene rings is 1. The van der Waals surface area contributed by atoms with Crippen molar-refractivity contribution < 1.29 is 19.1 Å². The van der Waals surface area contributed by atoms with Crippen LogP contribution < -0.4 is 15.5 Å². The highest BCUT2D eigenvalue weighted by atomic mass is 16.5. The van der Waals surface area contributed by atoms with Crippen LogP contribution in [-0.2, 0) is 14.3 Å². The summed E-state index contributed by atoms with van der Waals surface area (Å²) in [5.41, 5.74) is 2.93. The Bertz CT molecular complexity index is 517. The number of nitrogens with zero attached hydrogens (tertiary/aromatic N) is 1. The molecule has 0 atom stereocenters. The predicted octanol–water partition coefficient (Wildman–Crippen LogP) is 0.688. The van der Waals surface area contributed by atoms with Crippen LogP contribution in [0.4, 0.5) is 0 Å². The molecule has 0 unspecified atom stereocenters. The van der Waals surface area contributed by atoms with E-state index in [0.717, 1.165) is 5.56 Å². The summed E-state index contributed by atoms with van der Waals surface area (Å²) in [7, 11) is 1.57. The third-order valence-corrected chi connectivity index (χ3v) is 2.57. The lowest BCUT2D eigenvalue weighted by Gasteiger charge is -2.04. The first-order chi connectivity index (χ1) is 10.7. The minimum Gasteiger partial charge on any atom is -0.494 e. The highest BCUT2D eigenvalue weighted by molar-refractivity contribution is 6.35. The summed E-state index contributed by atoms with van der Waals surface area (Å²) < 4.78 is 10.2. The van der Waals surface area contributed by atoms with Crippen LogP contribution in [0.25, 0.3) is 0 Å². The Kier molecular flexibility index (Phi) is 8.29.